The molecule has 148 valence electrons. The van der Waals surface area contributed by atoms with Gasteiger partial charge < -0.3 is 14.8 Å². The smallest absolute Gasteiger partial charge is 0.261 e. The van der Waals surface area contributed by atoms with Crippen LogP contribution in [0.15, 0.2) is 35.7 Å². The molecule has 0 radical (unpaired) electrons. The highest BCUT2D eigenvalue weighted by atomic mass is 32.1. The Bertz CT molecular complexity index is 822. The van der Waals surface area contributed by atoms with E-state index in [1.165, 1.54) is 49.9 Å². The molecule has 4 fully saturated rings. The van der Waals surface area contributed by atoms with Crippen LogP contribution in [0.2, 0.25) is 0 Å². The molecule has 1 heterocycles. The third kappa shape index (κ3) is 3.52. The van der Waals surface area contributed by atoms with Gasteiger partial charge in [0, 0.05) is 11.1 Å². The van der Waals surface area contributed by atoms with Crippen LogP contribution in [0.25, 0.3) is 0 Å². The zero-order chi connectivity index (χ0) is 19.1. The van der Waals surface area contributed by atoms with Crippen molar-refractivity contribution in [3.63, 3.8) is 0 Å². The van der Waals surface area contributed by atoms with Crippen LogP contribution in [0.4, 0.5) is 0 Å². The Balaban J connectivity index is 1.20. The Morgan fingerprint density at radius 3 is 2.29 bits per heavy atom. The molecule has 6 rings (SSSR count). The lowest BCUT2D eigenvalue weighted by atomic mass is 9.53. The third-order valence-electron chi connectivity index (χ3n) is 6.76. The van der Waals surface area contributed by atoms with Crippen LogP contribution in [0, 0.1) is 17.8 Å². The largest absolute Gasteiger partial charge is 0.497 e. The Labute approximate surface area is 170 Å². The zero-order valence-corrected chi connectivity index (χ0v) is 17.1. The maximum Gasteiger partial charge on any atom is 0.261 e. The summed E-state index contributed by atoms with van der Waals surface area (Å²) in [6.07, 6.45) is 7.72. The molecule has 5 heteroatoms. The molecule has 4 aliphatic rings. The lowest BCUT2D eigenvalue weighted by molar-refractivity contribution is -0.0166. The summed E-state index contributed by atoms with van der Waals surface area (Å²) in [5.74, 6) is 4.22. The van der Waals surface area contributed by atoms with Crippen molar-refractivity contribution in [2.24, 2.45) is 17.8 Å². The quantitative estimate of drug-likeness (QED) is 0.743. The topological polar surface area (TPSA) is 47.6 Å². The normalized spacial score (nSPS) is 30.2. The van der Waals surface area contributed by atoms with Crippen molar-refractivity contribution < 1.29 is 14.3 Å². The lowest BCUT2D eigenvalue weighted by Crippen LogP contribution is -2.59. The minimum absolute atomic E-state index is 0.0651. The fraction of sp³-hybridized carbons (Fsp3) is 0.522. The average molecular weight is 398 g/mol. The standard InChI is InChI=1S/C23H27NO3S/c1-26-19-2-4-20(5-3-19)27-13-18-9-21(28-14-18)22(25)24-23-10-15-6-16(11-23)8-17(7-15)12-23/h2-5,9,14-17H,6-8,10-13H2,1H3,(H,24,25). The lowest BCUT2D eigenvalue weighted by Gasteiger charge is -2.56. The number of nitrogens with one attached hydrogen (secondary N) is 1. The molecule has 0 aliphatic heterocycles. The van der Waals surface area contributed by atoms with E-state index in [9.17, 15) is 4.79 Å². The second-order valence-corrected chi connectivity index (χ2v) is 9.85. The fourth-order valence-electron chi connectivity index (χ4n) is 5.98. The molecule has 4 aliphatic carbocycles. The Morgan fingerprint density at radius 1 is 1.07 bits per heavy atom. The third-order valence-corrected chi connectivity index (χ3v) is 7.74. The minimum atomic E-state index is 0.0651. The van der Waals surface area contributed by atoms with E-state index in [4.69, 9.17) is 9.47 Å². The van der Waals surface area contributed by atoms with Gasteiger partial charge in [-0.2, -0.15) is 0 Å². The summed E-state index contributed by atoms with van der Waals surface area (Å²) in [7, 11) is 1.65. The minimum Gasteiger partial charge on any atom is -0.497 e. The first-order valence-electron chi connectivity index (χ1n) is 10.3. The van der Waals surface area contributed by atoms with Crippen LogP contribution >= 0.6 is 11.3 Å². The first kappa shape index (κ1) is 18.0. The number of rotatable bonds is 6. The van der Waals surface area contributed by atoms with E-state index in [1.807, 2.05) is 35.7 Å². The van der Waals surface area contributed by atoms with E-state index >= 15 is 0 Å². The van der Waals surface area contributed by atoms with Gasteiger partial charge in [0.2, 0.25) is 0 Å². The average Bonchev–Trinajstić information content (AvgIpc) is 3.14. The van der Waals surface area contributed by atoms with Crippen LogP contribution in [0.3, 0.4) is 0 Å². The SMILES string of the molecule is COc1ccc(OCc2csc(C(=O)NC34CC5CC(CC(C5)C3)C4)c2)cc1. The molecule has 0 unspecified atom stereocenters. The first-order valence-corrected chi connectivity index (χ1v) is 11.2. The predicted molar refractivity (Wildman–Crippen MR) is 110 cm³/mol. The van der Waals surface area contributed by atoms with E-state index in [0.717, 1.165) is 39.7 Å². The molecule has 0 atom stereocenters. The number of amides is 1. The van der Waals surface area contributed by atoms with E-state index in [0.29, 0.717) is 6.61 Å². The summed E-state index contributed by atoms with van der Waals surface area (Å²) in [4.78, 5) is 13.7. The van der Waals surface area contributed by atoms with Gasteiger partial charge in [0.25, 0.3) is 5.91 Å². The molecular weight excluding hydrogens is 370 g/mol. The Hall–Kier alpha value is -2.01. The van der Waals surface area contributed by atoms with Crippen molar-refractivity contribution in [1.29, 1.82) is 0 Å². The highest BCUT2D eigenvalue weighted by Gasteiger charge is 2.51. The highest BCUT2D eigenvalue weighted by Crippen LogP contribution is 2.55. The molecule has 28 heavy (non-hydrogen) atoms. The Morgan fingerprint density at radius 2 is 1.68 bits per heavy atom. The number of carbonyl (C=O) groups is 1. The molecule has 4 nitrogen and oxygen atoms in total. The molecule has 0 spiro atoms. The van der Waals surface area contributed by atoms with Crippen LogP contribution in [0.1, 0.15) is 53.8 Å². The second-order valence-electron chi connectivity index (χ2n) is 8.94. The van der Waals surface area contributed by atoms with Crippen molar-refractivity contribution in [3.05, 3.63) is 46.2 Å². The van der Waals surface area contributed by atoms with E-state index < -0.39 is 0 Å². The molecular formula is C23H27NO3S. The number of carbonyl (C=O) groups excluding carboxylic acids is 1. The summed E-state index contributed by atoms with van der Waals surface area (Å²) >= 11 is 1.52. The number of methoxy groups -OCH3 is 1. The van der Waals surface area contributed by atoms with Gasteiger partial charge in [-0.05, 0) is 92.0 Å². The summed E-state index contributed by atoms with van der Waals surface area (Å²) in [6, 6.07) is 9.53. The molecule has 1 aromatic heterocycles. The molecule has 1 aromatic carbocycles. The van der Waals surface area contributed by atoms with Crippen LogP contribution in [-0.4, -0.2) is 18.6 Å². The molecule has 1 N–H and O–H groups in total. The van der Waals surface area contributed by atoms with Gasteiger partial charge in [-0.25, -0.2) is 0 Å². The summed E-state index contributed by atoms with van der Waals surface area (Å²) in [5, 5.41) is 5.48. The number of ether oxygens (including phenoxy) is 2. The number of hydrogen-bond donors (Lipinski definition) is 1. The molecule has 0 saturated heterocycles. The van der Waals surface area contributed by atoms with Crippen molar-refractivity contribution >= 4 is 17.2 Å². The monoisotopic (exact) mass is 397 g/mol. The summed E-state index contributed by atoms with van der Waals surface area (Å²) in [6.45, 7) is 0.466. The van der Waals surface area contributed by atoms with Crippen molar-refractivity contribution in [1.82, 2.24) is 5.32 Å². The maximum atomic E-state index is 12.9. The molecule has 1 amide bonds. The number of benzene rings is 1. The van der Waals surface area contributed by atoms with Gasteiger partial charge in [0.15, 0.2) is 0 Å². The highest BCUT2D eigenvalue weighted by molar-refractivity contribution is 7.12. The first-order chi connectivity index (χ1) is 13.6. The predicted octanol–water partition coefficient (Wildman–Crippen LogP) is 5.03. The van der Waals surface area contributed by atoms with Crippen LogP contribution in [0.5, 0.6) is 11.5 Å². The van der Waals surface area contributed by atoms with E-state index in [2.05, 4.69) is 5.32 Å². The van der Waals surface area contributed by atoms with Crippen molar-refractivity contribution in [2.75, 3.05) is 7.11 Å². The van der Waals surface area contributed by atoms with Crippen LogP contribution in [-0.2, 0) is 6.61 Å². The molecule has 4 saturated carbocycles. The van der Waals surface area contributed by atoms with Gasteiger partial charge >= 0.3 is 0 Å². The number of hydrogen-bond acceptors (Lipinski definition) is 4. The van der Waals surface area contributed by atoms with Gasteiger partial charge in [0.1, 0.15) is 18.1 Å². The van der Waals surface area contributed by atoms with Gasteiger partial charge in [-0.1, -0.05) is 0 Å². The molecule has 4 bridgehead atoms. The second kappa shape index (κ2) is 7.11. The van der Waals surface area contributed by atoms with E-state index in [1.54, 1.807) is 7.11 Å². The Kier molecular flexibility index (Phi) is 4.58. The zero-order valence-electron chi connectivity index (χ0n) is 16.3. The fourth-order valence-corrected chi connectivity index (χ4v) is 6.77. The van der Waals surface area contributed by atoms with Gasteiger partial charge in [-0.3, -0.25) is 4.79 Å². The molecule has 2 aromatic rings. The summed E-state index contributed by atoms with van der Waals surface area (Å²) < 4.78 is 11.0. The van der Waals surface area contributed by atoms with Crippen LogP contribution < -0.4 is 14.8 Å². The van der Waals surface area contributed by atoms with Gasteiger partial charge in [-0.15, -0.1) is 11.3 Å². The van der Waals surface area contributed by atoms with E-state index in [-0.39, 0.29) is 11.4 Å². The maximum absolute atomic E-state index is 12.9. The van der Waals surface area contributed by atoms with Crippen molar-refractivity contribution in [2.45, 2.75) is 50.7 Å². The summed E-state index contributed by atoms with van der Waals surface area (Å²) in [5.41, 5.74) is 1.10. The van der Waals surface area contributed by atoms with Gasteiger partial charge in [0.05, 0.1) is 12.0 Å². The van der Waals surface area contributed by atoms with Crippen molar-refractivity contribution in [3.8, 4) is 11.5 Å². The number of thiophene rings is 1.